The maximum Gasteiger partial charge on any atom is 0.254 e. The molecule has 4 nitrogen and oxygen atoms in total. The largest absolute Gasteiger partial charge is 0.494 e. The molecule has 2 aromatic rings. The van der Waals surface area contributed by atoms with Gasteiger partial charge in [0.05, 0.1) is 18.6 Å². The molecule has 0 saturated carbocycles. The molecule has 2 rings (SSSR count). The van der Waals surface area contributed by atoms with Crippen LogP contribution in [0.1, 0.15) is 19.4 Å². The van der Waals surface area contributed by atoms with Gasteiger partial charge < -0.3 is 9.72 Å². The predicted octanol–water partition coefficient (Wildman–Crippen LogP) is 2.40. The van der Waals surface area contributed by atoms with Gasteiger partial charge in [-0.15, -0.1) is 0 Å². The molecule has 0 bridgehead atoms. The SMILES string of the molecule is CCOc1cccc(-c2nc[nH]c(=O)c2CC)c1. The third-order valence-electron chi connectivity index (χ3n) is 2.72. The minimum absolute atomic E-state index is 0.0793. The topological polar surface area (TPSA) is 55.0 Å². The number of aromatic nitrogens is 2. The van der Waals surface area contributed by atoms with E-state index in [0.717, 1.165) is 17.0 Å². The van der Waals surface area contributed by atoms with Crippen LogP contribution in [0.15, 0.2) is 35.4 Å². The molecule has 0 atom stereocenters. The second-order valence-corrected chi connectivity index (χ2v) is 3.87. The molecule has 1 aromatic heterocycles. The molecule has 0 radical (unpaired) electrons. The van der Waals surface area contributed by atoms with Crippen LogP contribution in [0, 0.1) is 0 Å². The summed E-state index contributed by atoms with van der Waals surface area (Å²) in [5.74, 6) is 0.791. The number of rotatable bonds is 4. The Morgan fingerprint density at radius 2 is 2.17 bits per heavy atom. The second kappa shape index (κ2) is 5.49. The first-order valence-corrected chi connectivity index (χ1v) is 6.06. The molecule has 0 aliphatic rings. The highest BCUT2D eigenvalue weighted by atomic mass is 16.5. The van der Waals surface area contributed by atoms with Crippen molar-refractivity contribution in [1.82, 2.24) is 9.97 Å². The lowest BCUT2D eigenvalue weighted by molar-refractivity contribution is 0.340. The monoisotopic (exact) mass is 244 g/mol. The number of benzene rings is 1. The van der Waals surface area contributed by atoms with Crippen molar-refractivity contribution < 1.29 is 4.74 Å². The van der Waals surface area contributed by atoms with Gasteiger partial charge in [-0.2, -0.15) is 0 Å². The van der Waals surface area contributed by atoms with Gasteiger partial charge in [0.1, 0.15) is 5.75 Å². The molecule has 1 aromatic carbocycles. The molecule has 0 fully saturated rings. The van der Waals surface area contributed by atoms with Crippen LogP contribution in [0.3, 0.4) is 0 Å². The van der Waals surface area contributed by atoms with Gasteiger partial charge in [0.15, 0.2) is 0 Å². The van der Waals surface area contributed by atoms with Gasteiger partial charge in [-0.1, -0.05) is 19.1 Å². The molecule has 0 saturated heterocycles. The summed E-state index contributed by atoms with van der Waals surface area (Å²) < 4.78 is 5.46. The van der Waals surface area contributed by atoms with Gasteiger partial charge in [0, 0.05) is 11.1 Å². The van der Waals surface area contributed by atoms with Crippen LogP contribution >= 0.6 is 0 Å². The summed E-state index contributed by atoms with van der Waals surface area (Å²) in [7, 11) is 0. The van der Waals surface area contributed by atoms with E-state index in [1.165, 1.54) is 6.33 Å². The summed E-state index contributed by atoms with van der Waals surface area (Å²) in [6.07, 6.45) is 2.08. The number of aromatic amines is 1. The van der Waals surface area contributed by atoms with Gasteiger partial charge >= 0.3 is 0 Å². The Bertz CT molecular complexity index is 590. The van der Waals surface area contributed by atoms with E-state index in [1.54, 1.807) is 0 Å². The van der Waals surface area contributed by atoms with E-state index in [2.05, 4.69) is 9.97 Å². The van der Waals surface area contributed by atoms with E-state index >= 15 is 0 Å². The van der Waals surface area contributed by atoms with Crippen molar-refractivity contribution in [3.05, 3.63) is 46.5 Å². The summed E-state index contributed by atoms with van der Waals surface area (Å²) in [6, 6.07) is 7.64. The maximum atomic E-state index is 11.7. The van der Waals surface area contributed by atoms with Crippen molar-refractivity contribution in [2.75, 3.05) is 6.61 Å². The number of H-pyrrole nitrogens is 1. The number of ether oxygens (including phenoxy) is 1. The third-order valence-corrected chi connectivity index (χ3v) is 2.72. The van der Waals surface area contributed by atoms with E-state index in [-0.39, 0.29) is 5.56 Å². The van der Waals surface area contributed by atoms with Crippen LogP contribution in [0.25, 0.3) is 11.3 Å². The normalized spacial score (nSPS) is 10.3. The summed E-state index contributed by atoms with van der Waals surface area (Å²) in [4.78, 5) is 18.6. The smallest absolute Gasteiger partial charge is 0.254 e. The Morgan fingerprint density at radius 3 is 2.89 bits per heavy atom. The number of nitrogens with one attached hydrogen (secondary N) is 1. The van der Waals surface area contributed by atoms with Gasteiger partial charge in [-0.05, 0) is 25.5 Å². The Morgan fingerprint density at radius 1 is 1.33 bits per heavy atom. The average molecular weight is 244 g/mol. The molecule has 18 heavy (non-hydrogen) atoms. The van der Waals surface area contributed by atoms with Crippen molar-refractivity contribution in [2.45, 2.75) is 20.3 Å². The van der Waals surface area contributed by atoms with Crippen molar-refractivity contribution in [3.63, 3.8) is 0 Å². The van der Waals surface area contributed by atoms with Crippen LogP contribution in [0.5, 0.6) is 5.75 Å². The summed E-state index contributed by atoms with van der Waals surface area (Å²) in [5, 5.41) is 0. The molecule has 1 N–H and O–H groups in total. The Balaban J connectivity index is 2.51. The minimum atomic E-state index is -0.0793. The summed E-state index contributed by atoms with van der Waals surface area (Å²) in [5.41, 5.74) is 2.25. The lowest BCUT2D eigenvalue weighted by Crippen LogP contribution is -2.14. The van der Waals surface area contributed by atoms with Gasteiger partial charge in [-0.25, -0.2) is 4.98 Å². The van der Waals surface area contributed by atoms with Crippen LogP contribution < -0.4 is 10.3 Å². The average Bonchev–Trinajstić information content (AvgIpc) is 2.39. The molecule has 1 heterocycles. The Hall–Kier alpha value is -2.10. The maximum absolute atomic E-state index is 11.7. The molecule has 94 valence electrons. The fourth-order valence-electron chi connectivity index (χ4n) is 1.90. The van der Waals surface area contributed by atoms with Gasteiger partial charge in [0.25, 0.3) is 5.56 Å². The van der Waals surface area contributed by atoms with Crippen molar-refractivity contribution in [3.8, 4) is 17.0 Å². The number of hydrogen-bond donors (Lipinski definition) is 1. The Labute approximate surface area is 106 Å². The standard InChI is InChI=1S/C14H16N2O2/c1-3-12-13(15-9-16-14(12)17)10-6-5-7-11(8-10)18-4-2/h5-9H,3-4H2,1-2H3,(H,15,16,17). The van der Waals surface area contributed by atoms with E-state index in [9.17, 15) is 4.79 Å². The predicted molar refractivity (Wildman–Crippen MR) is 70.8 cm³/mol. The Kier molecular flexibility index (Phi) is 3.77. The highest BCUT2D eigenvalue weighted by molar-refractivity contribution is 5.64. The first-order valence-electron chi connectivity index (χ1n) is 6.06. The van der Waals surface area contributed by atoms with E-state index in [4.69, 9.17) is 4.74 Å². The molecule has 0 aliphatic heterocycles. The fraction of sp³-hybridized carbons (Fsp3) is 0.286. The first-order chi connectivity index (χ1) is 8.76. The molecule has 0 amide bonds. The van der Waals surface area contributed by atoms with E-state index < -0.39 is 0 Å². The zero-order valence-electron chi connectivity index (χ0n) is 10.6. The minimum Gasteiger partial charge on any atom is -0.494 e. The lowest BCUT2D eigenvalue weighted by atomic mass is 10.1. The summed E-state index contributed by atoms with van der Waals surface area (Å²) in [6.45, 7) is 4.50. The highest BCUT2D eigenvalue weighted by Crippen LogP contribution is 2.23. The van der Waals surface area contributed by atoms with Crippen molar-refractivity contribution in [1.29, 1.82) is 0 Å². The van der Waals surface area contributed by atoms with Crippen LogP contribution in [-0.2, 0) is 6.42 Å². The fourth-order valence-corrected chi connectivity index (χ4v) is 1.90. The molecule has 0 spiro atoms. The summed E-state index contributed by atoms with van der Waals surface area (Å²) >= 11 is 0. The van der Waals surface area contributed by atoms with Gasteiger partial charge in [-0.3, -0.25) is 4.79 Å². The third kappa shape index (κ3) is 2.42. The van der Waals surface area contributed by atoms with Crippen LogP contribution in [0.4, 0.5) is 0 Å². The second-order valence-electron chi connectivity index (χ2n) is 3.87. The molecule has 0 unspecified atom stereocenters. The molecular weight excluding hydrogens is 228 g/mol. The van der Waals surface area contributed by atoms with E-state index in [0.29, 0.717) is 18.6 Å². The highest BCUT2D eigenvalue weighted by Gasteiger charge is 2.09. The number of hydrogen-bond acceptors (Lipinski definition) is 3. The molecule has 0 aliphatic carbocycles. The van der Waals surface area contributed by atoms with Gasteiger partial charge in [0.2, 0.25) is 0 Å². The first kappa shape index (κ1) is 12.4. The zero-order chi connectivity index (χ0) is 13.0. The van der Waals surface area contributed by atoms with Crippen molar-refractivity contribution >= 4 is 0 Å². The lowest BCUT2D eigenvalue weighted by Gasteiger charge is -2.08. The van der Waals surface area contributed by atoms with Crippen molar-refractivity contribution in [2.24, 2.45) is 0 Å². The van der Waals surface area contributed by atoms with Crippen LogP contribution in [-0.4, -0.2) is 16.6 Å². The molecule has 4 heteroatoms. The zero-order valence-corrected chi connectivity index (χ0v) is 10.6. The molecular formula is C14H16N2O2. The number of nitrogens with zero attached hydrogens (tertiary/aromatic N) is 1. The van der Waals surface area contributed by atoms with Crippen LogP contribution in [0.2, 0.25) is 0 Å². The van der Waals surface area contributed by atoms with E-state index in [1.807, 2.05) is 38.1 Å². The quantitative estimate of drug-likeness (QED) is 0.898.